The van der Waals surface area contributed by atoms with Crippen LogP contribution >= 0.6 is 0 Å². The van der Waals surface area contributed by atoms with E-state index in [0.717, 1.165) is 42.0 Å². The van der Waals surface area contributed by atoms with Crippen molar-refractivity contribution in [2.75, 3.05) is 0 Å². The summed E-state index contributed by atoms with van der Waals surface area (Å²) < 4.78 is 13.2. The minimum atomic E-state index is -0.222. The minimum absolute atomic E-state index is 0.222. The van der Waals surface area contributed by atoms with E-state index < -0.39 is 0 Å². The highest BCUT2D eigenvalue weighted by molar-refractivity contribution is 5.60. The first kappa shape index (κ1) is 12.2. The Kier molecular flexibility index (Phi) is 3.03. The second-order valence-electron chi connectivity index (χ2n) is 4.84. The van der Waals surface area contributed by atoms with Crippen LogP contribution in [0.5, 0.6) is 0 Å². The normalized spacial score (nSPS) is 13.6. The van der Waals surface area contributed by atoms with Gasteiger partial charge in [0.1, 0.15) is 5.82 Å². The zero-order chi connectivity index (χ0) is 13.4. The van der Waals surface area contributed by atoms with E-state index in [9.17, 15) is 4.39 Å². The van der Waals surface area contributed by atoms with Crippen LogP contribution in [0.2, 0.25) is 0 Å². The van der Waals surface area contributed by atoms with Crippen LogP contribution in [0.15, 0.2) is 18.2 Å². The molecule has 0 amide bonds. The van der Waals surface area contributed by atoms with E-state index in [1.807, 2.05) is 6.92 Å². The first-order valence-corrected chi connectivity index (χ1v) is 6.55. The van der Waals surface area contributed by atoms with Gasteiger partial charge < -0.3 is 5.32 Å². The van der Waals surface area contributed by atoms with Gasteiger partial charge in [0.05, 0.1) is 5.69 Å². The largest absolute Gasteiger partial charge is 0.307 e. The lowest BCUT2D eigenvalue weighted by atomic mass is 10.1. The first-order valence-electron chi connectivity index (χ1n) is 6.55. The predicted molar refractivity (Wildman–Crippen MR) is 72.1 cm³/mol. The molecule has 3 rings (SSSR count). The fraction of sp³-hybridized carbons (Fsp3) is 0.333. The van der Waals surface area contributed by atoms with Crippen LogP contribution in [-0.2, 0) is 19.5 Å². The molecule has 0 atom stereocenters. The molecule has 2 aromatic rings. The molecule has 98 valence electrons. The molecule has 0 unspecified atom stereocenters. The van der Waals surface area contributed by atoms with E-state index in [4.69, 9.17) is 0 Å². The molecule has 4 heteroatoms. The van der Waals surface area contributed by atoms with Gasteiger partial charge in [0.2, 0.25) is 0 Å². The highest BCUT2D eigenvalue weighted by Gasteiger charge is 2.19. The van der Waals surface area contributed by atoms with Gasteiger partial charge in [-0.2, -0.15) is 0 Å². The SMILES string of the molecule is CCc1nc(-c2ccc(F)cc2C)nc2c1CNC2. The maximum absolute atomic E-state index is 13.2. The molecule has 3 nitrogen and oxygen atoms in total. The average Bonchev–Trinajstić information content (AvgIpc) is 2.85. The van der Waals surface area contributed by atoms with Crippen molar-refractivity contribution in [1.82, 2.24) is 15.3 Å². The zero-order valence-electron chi connectivity index (χ0n) is 11.1. The van der Waals surface area contributed by atoms with Gasteiger partial charge in [-0.25, -0.2) is 14.4 Å². The van der Waals surface area contributed by atoms with Crippen molar-refractivity contribution in [1.29, 1.82) is 0 Å². The molecule has 0 spiro atoms. The Morgan fingerprint density at radius 3 is 2.84 bits per heavy atom. The summed E-state index contributed by atoms with van der Waals surface area (Å²) in [5, 5.41) is 3.30. The van der Waals surface area contributed by atoms with Crippen LogP contribution in [0, 0.1) is 12.7 Å². The summed E-state index contributed by atoms with van der Waals surface area (Å²) in [5.41, 5.74) is 5.17. The minimum Gasteiger partial charge on any atom is -0.307 e. The zero-order valence-corrected chi connectivity index (χ0v) is 11.1. The lowest BCUT2D eigenvalue weighted by molar-refractivity contribution is 0.627. The Morgan fingerprint density at radius 2 is 2.11 bits per heavy atom. The van der Waals surface area contributed by atoms with Gasteiger partial charge in [-0.1, -0.05) is 6.92 Å². The Morgan fingerprint density at radius 1 is 1.26 bits per heavy atom. The van der Waals surface area contributed by atoms with Crippen molar-refractivity contribution in [3.8, 4) is 11.4 Å². The molecule has 1 N–H and O–H groups in total. The molecule has 0 aliphatic carbocycles. The van der Waals surface area contributed by atoms with E-state index in [1.165, 1.54) is 17.7 Å². The summed E-state index contributed by atoms with van der Waals surface area (Å²) in [5.74, 6) is 0.483. The van der Waals surface area contributed by atoms with E-state index in [-0.39, 0.29) is 5.82 Å². The van der Waals surface area contributed by atoms with Crippen molar-refractivity contribution in [3.63, 3.8) is 0 Å². The summed E-state index contributed by atoms with van der Waals surface area (Å²) >= 11 is 0. The Balaban J connectivity index is 2.15. The monoisotopic (exact) mass is 257 g/mol. The molecule has 19 heavy (non-hydrogen) atoms. The summed E-state index contributed by atoms with van der Waals surface area (Å²) in [6.45, 7) is 5.63. The number of rotatable bonds is 2. The Labute approximate surface area is 111 Å². The van der Waals surface area contributed by atoms with Crippen molar-refractivity contribution in [2.24, 2.45) is 0 Å². The second-order valence-corrected chi connectivity index (χ2v) is 4.84. The molecule has 1 aromatic heterocycles. The maximum atomic E-state index is 13.2. The summed E-state index contributed by atoms with van der Waals surface area (Å²) in [6, 6.07) is 4.74. The number of aromatic nitrogens is 2. The number of nitrogens with zero attached hydrogens (tertiary/aromatic N) is 2. The lowest BCUT2D eigenvalue weighted by Gasteiger charge is -2.10. The third-order valence-corrected chi connectivity index (χ3v) is 3.54. The maximum Gasteiger partial charge on any atom is 0.159 e. The quantitative estimate of drug-likeness (QED) is 0.899. The number of nitrogens with one attached hydrogen (secondary N) is 1. The summed E-state index contributed by atoms with van der Waals surface area (Å²) in [4.78, 5) is 9.28. The standard InChI is InChI=1S/C15H16FN3/c1-3-13-12-7-17-8-14(12)19-15(18-13)11-5-4-10(16)6-9(11)2/h4-6,17H,3,7-8H2,1-2H3. The molecule has 1 aromatic carbocycles. The van der Waals surface area contributed by atoms with E-state index >= 15 is 0 Å². The summed E-state index contributed by atoms with van der Waals surface area (Å²) in [7, 11) is 0. The van der Waals surface area contributed by atoms with Crippen LogP contribution < -0.4 is 5.32 Å². The Hall–Kier alpha value is -1.81. The molecule has 2 heterocycles. The number of aryl methyl sites for hydroxylation is 2. The Bertz CT molecular complexity index is 638. The molecular formula is C15H16FN3. The summed E-state index contributed by atoms with van der Waals surface area (Å²) in [6.07, 6.45) is 0.889. The smallest absolute Gasteiger partial charge is 0.159 e. The van der Waals surface area contributed by atoms with Crippen LogP contribution in [0.4, 0.5) is 4.39 Å². The van der Waals surface area contributed by atoms with Crippen molar-refractivity contribution >= 4 is 0 Å². The van der Waals surface area contributed by atoms with Gasteiger partial charge in [0.25, 0.3) is 0 Å². The van der Waals surface area contributed by atoms with Gasteiger partial charge in [-0.05, 0) is 37.1 Å². The number of halogens is 1. The lowest BCUT2D eigenvalue weighted by Crippen LogP contribution is -2.03. The molecule has 0 radical (unpaired) electrons. The van der Waals surface area contributed by atoms with E-state index in [0.29, 0.717) is 5.82 Å². The third-order valence-electron chi connectivity index (χ3n) is 3.54. The van der Waals surface area contributed by atoms with Gasteiger partial charge in [-0.3, -0.25) is 0 Å². The molecule has 0 saturated heterocycles. The number of hydrogen-bond acceptors (Lipinski definition) is 3. The van der Waals surface area contributed by atoms with Gasteiger partial charge >= 0.3 is 0 Å². The van der Waals surface area contributed by atoms with Crippen LogP contribution in [0.3, 0.4) is 0 Å². The fourth-order valence-corrected chi connectivity index (χ4v) is 2.53. The van der Waals surface area contributed by atoms with E-state index in [2.05, 4.69) is 22.2 Å². The van der Waals surface area contributed by atoms with Crippen molar-refractivity contribution < 1.29 is 4.39 Å². The first-order chi connectivity index (χ1) is 9.19. The molecule has 1 aliphatic rings. The van der Waals surface area contributed by atoms with Gasteiger partial charge in [0.15, 0.2) is 5.82 Å². The molecule has 1 aliphatic heterocycles. The number of benzene rings is 1. The molecule has 0 fully saturated rings. The van der Waals surface area contributed by atoms with Crippen LogP contribution in [0.25, 0.3) is 11.4 Å². The van der Waals surface area contributed by atoms with Gasteiger partial charge in [-0.15, -0.1) is 0 Å². The number of fused-ring (bicyclic) bond motifs is 1. The average molecular weight is 257 g/mol. The predicted octanol–water partition coefficient (Wildman–Crippen LogP) is 2.76. The molecule has 0 bridgehead atoms. The second kappa shape index (κ2) is 4.70. The highest BCUT2D eigenvalue weighted by atomic mass is 19.1. The molecule has 0 saturated carbocycles. The van der Waals surface area contributed by atoms with Crippen LogP contribution in [0.1, 0.15) is 29.4 Å². The van der Waals surface area contributed by atoms with Crippen molar-refractivity contribution in [3.05, 3.63) is 46.5 Å². The van der Waals surface area contributed by atoms with Crippen molar-refractivity contribution in [2.45, 2.75) is 33.4 Å². The molecular weight excluding hydrogens is 241 g/mol. The van der Waals surface area contributed by atoms with E-state index in [1.54, 1.807) is 6.07 Å². The number of hydrogen-bond donors (Lipinski definition) is 1. The fourth-order valence-electron chi connectivity index (χ4n) is 2.53. The van der Waals surface area contributed by atoms with Gasteiger partial charge in [0, 0.05) is 29.9 Å². The topological polar surface area (TPSA) is 37.8 Å². The van der Waals surface area contributed by atoms with Crippen LogP contribution in [-0.4, -0.2) is 9.97 Å². The third kappa shape index (κ3) is 2.12. The highest BCUT2D eigenvalue weighted by Crippen LogP contribution is 2.25.